The van der Waals surface area contributed by atoms with Crippen LogP contribution in [0.2, 0.25) is 0 Å². The van der Waals surface area contributed by atoms with Crippen molar-refractivity contribution < 1.29 is 13.6 Å². The normalized spacial score (nSPS) is 13.8. The highest BCUT2D eigenvalue weighted by Crippen LogP contribution is 2.28. The molecule has 8 nitrogen and oxygen atoms in total. The second kappa shape index (κ2) is 8.58. The number of aromatic nitrogens is 3. The predicted molar refractivity (Wildman–Crippen MR) is 115 cm³/mol. The zero-order valence-electron chi connectivity index (χ0n) is 16.9. The topological polar surface area (TPSA) is 89.2 Å². The van der Waals surface area contributed by atoms with Gasteiger partial charge in [-0.2, -0.15) is 0 Å². The van der Waals surface area contributed by atoms with Crippen LogP contribution in [0, 0.1) is 11.6 Å². The average Bonchev–Trinajstić information content (AvgIpc) is 3.40. The number of nitrogens with zero attached hydrogens (tertiary/aromatic N) is 4. The van der Waals surface area contributed by atoms with Gasteiger partial charge in [0.15, 0.2) is 10.8 Å². The zero-order valence-corrected chi connectivity index (χ0v) is 17.7. The van der Waals surface area contributed by atoms with Crippen molar-refractivity contribution >= 4 is 38.4 Å². The lowest BCUT2D eigenvalue weighted by molar-refractivity contribution is -0.116. The van der Waals surface area contributed by atoms with E-state index in [9.17, 15) is 23.2 Å². The predicted octanol–water partition coefficient (Wildman–Crippen LogP) is 2.55. The van der Waals surface area contributed by atoms with Crippen LogP contribution >= 0.6 is 11.3 Å². The maximum Gasteiger partial charge on any atom is 0.333 e. The van der Waals surface area contributed by atoms with E-state index in [1.807, 2.05) is 6.92 Å². The molecule has 1 aromatic carbocycles. The van der Waals surface area contributed by atoms with E-state index in [4.69, 9.17) is 0 Å². The number of carbonyl (C=O) groups is 1. The van der Waals surface area contributed by atoms with Crippen LogP contribution in [0.4, 0.5) is 19.6 Å². The fourth-order valence-electron chi connectivity index (χ4n) is 3.60. The summed E-state index contributed by atoms with van der Waals surface area (Å²) < 4.78 is 29.5. The molecule has 0 spiro atoms. The molecule has 0 bridgehead atoms. The summed E-state index contributed by atoms with van der Waals surface area (Å²) in [5.41, 5.74) is -1.13. The quantitative estimate of drug-likeness (QED) is 0.625. The van der Waals surface area contributed by atoms with E-state index in [2.05, 4.69) is 15.2 Å². The summed E-state index contributed by atoms with van der Waals surface area (Å²) in [7, 11) is 0. The van der Waals surface area contributed by atoms with E-state index >= 15 is 0 Å². The third-order valence-electron chi connectivity index (χ3n) is 5.09. The highest BCUT2D eigenvalue weighted by Gasteiger charge is 2.23. The first kappa shape index (κ1) is 21.2. The van der Waals surface area contributed by atoms with Crippen LogP contribution < -0.4 is 21.5 Å². The Morgan fingerprint density at radius 1 is 1.19 bits per heavy atom. The summed E-state index contributed by atoms with van der Waals surface area (Å²) in [6, 6.07) is 2.78. The van der Waals surface area contributed by atoms with Crippen LogP contribution in [-0.4, -0.2) is 33.1 Å². The Labute approximate surface area is 179 Å². The number of carbonyl (C=O) groups excluding carboxylic acids is 1. The molecule has 1 saturated heterocycles. The average molecular weight is 449 g/mol. The standard InChI is InChI=1S/C20H21F2N5O3S/c1-2-7-26-18(29)16-17(24-19(31-16)25-8-3-4-9-25)27(20(26)30)11-15(28)23-14-6-5-12(21)10-13(14)22/h5-6,10H,2-4,7-9,11H2,1H3,(H,23,28). The first-order chi connectivity index (χ1) is 14.9. The van der Waals surface area contributed by atoms with Crippen LogP contribution in [0.5, 0.6) is 0 Å². The molecule has 0 unspecified atom stereocenters. The van der Waals surface area contributed by atoms with Crippen molar-refractivity contribution in [1.82, 2.24) is 14.1 Å². The second-order valence-electron chi connectivity index (χ2n) is 7.34. The summed E-state index contributed by atoms with van der Waals surface area (Å²) in [5.74, 6) is -2.38. The number of rotatable bonds is 6. The summed E-state index contributed by atoms with van der Waals surface area (Å²) in [4.78, 5) is 45.0. The number of amides is 1. The van der Waals surface area contributed by atoms with E-state index in [-0.39, 0.29) is 17.9 Å². The molecule has 1 N–H and O–H groups in total. The lowest BCUT2D eigenvalue weighted by atomic mass is 10.3. The number of anilines is 2. The molecule has 0 atom stereocenters. The van der Waals surface area contributed by atoms with Gasteiger partial charge in [-0.15, -0.1) is 0 Å². The van der Waals surface area contributed by atoms with Crippen molar-refractivity contribution in [1.29, 1.82) is 0 Å². The summed E-state index contributed by atoms with van der Waals surface area (Å²) in [6.07, 6.45) is 2.61. The molecule has 1 aliphatic heterocycles. The van der Waals surface area contributed by atoms with Crippen LogP contribution in [-0.2, 0) is 17.9 Å². The smallest absolute Gasteiger partial charge is 0.333 e. The van der Waals surface area contributed by atoms with Gasteiger partial charge < -0.3 is 10.2 Å². The number of benzene rings is 1. The SMILES string of the molecule is CCCn1c(=O)c2sc(N3CCCC3)nc2n(CC(=O)Nc2ccc(F)cc2F)c1=O. The van der Waals surface area contributed by atoms with Crippen LogP contribution in [0.25, 0.3) is 10.3 Å². The Balaban J connectivity index is 1.75. The molecule has 1 amide bonds. The van der Waals surface area contributed by atoms with Gasteiger partial charge in [0.1, 0.15) is 22.9 Å². The van der Waals surface area contributed by atoms with E-state index in [0.717, 1.165) is 47.2 Å². The van der Waals surface area contributed by atoms with Gasteiger partial charge in [0.2, 0.25) is 5.91 Å². The molecule has 4 rings (SSSR count). The molecule has 1 aliphatic rings. The summed E-state index contributed by atoms with van der Waals surface area (Å²) in [5, 5.41) is 2.98. The number of nitrogens with one attached hydrogen (secondary N) is 1. The minimum absolute atomic E-state index is 0.143. The van der Waals surface area contributed by atoms with E-state index in [1.165, 1.54) is 11.3 Å². The molecular weight excluding hydrogens is 428 g/mol. The van der Waals surface area contributed by atoms with Crippen LogP contribution in [0.3, 0.4) is 0 Å². The zero-order chi connectivity index (χ0) is 22.1. The van der Waals surface area contributed by atoms with Crippen molar-refractivity contribution in [3.05, 3.63) is 50.7 Å². The molecule has 11 heteroatoms. The molecule has 0 aliphatic carbocycles. The molecule has 0 radical (unpaired) electrons. The van der Waals surface area contributed by atoms with Gasteiger partial charge in [-0.05, 0) is 31.4 Å². The number of hydrogen-bond acceptors (Lipinski definition) is 6. The molecule has 2 aromatic heterocycles. The van der Waals surface area contributed by atoms with Gasteiger partial charge in [-0.25, -0.2) is 18.6 Å². The maximum absolute atomic E-state index is 13.9. The van der Waals surface area contributed by atoms with Gasteiger partial charge in [0.25, 0.3) is 5.56 Å². The summed E-state index contributed by atoms with van der Waals surface area (Å²) >= 11 is 1.21. The highest BCUT2D eigenvalue weighted by molar-refractivity contribution is 7.22. The van der Waals surface area contributed by atoms with E-state index < -0.39 is 35.3 Å². The molecule has 1 fully saturated rings. The fraction of sp³-hybridized carbons (Fsp3) is 0.400. The van der Waals surface area contributed by atoms with Gasteiger partial charge in [-0.1, -0.05) is 18.3 Å². The van der Waals surface area contributed by atoms with Crippen molar-refractivity contribution in [2.45, 2.75) is 39.3 Å². The molecule has 3 heterocycles. The maximum atomic E-state index is 13.9. The number of hydrogen-bond donors (Lipinski definition) is 1. The largest absolute Gasteiger partial charge is 0.348 e. The van der Waals surface area contributed by atoms with Gasteiger partial charge >= 0.3 is 5.69 Å². The Morgan fingerprint density at radius 3 is 2.61 bits per heavy atom. The van der Waals surface area contributed by atoms with Gasteiger partial charge in [0, 0.05) is 25.7 Å². The lowest BCUT2D eigenvalue weighted by Crippen LogP contribution is -2.41. The second-order valence-corrected chi connectivity index (χ2v) is 8.32. The number of thiazole rings is 1. The molecular formula is C20H21F2N5O3S. The Kier molecular flexibility index (Phi) is 5.86. The fourth-order valence-corrected chi connectivity index (χ4v) is 4.67. The number of halogens is 2. The first-order valence-corrected chi connectivity index (χ1v) is 10.8. The minimum Gasteiger partial charge on any atom is -0.348 e. The van der Waals surface area contributed by atoms with Crippen molar-refractivity contribution in [2.75, 3.05) is 23.3 Å². The van der Waals surface area contributed by atoms with Crippen LogP contribution in [0.1, 0.15) is 26.2 Å². The molecule has 31 heavy (non-hydrogen) atoms. The third kappa shape index (κ3) is 4.09. The van der Waals surface area contributed by atoms with Gasteiger partial charge in [0.05, 0.1) is 5.69 Å². The minimum atomic E-state index is -0.924. The lowest BCUT2D eigenvalue weighted by Gasteiger charge is -2.12. The van der Waals surface area contributed by atoms with Gasteiger partial charge in [-0.3, -0.25) is 18.7 Å². The molecule has 164 valence electrons. The molecule has 3 aromatic rings. The van der Waals surface area contributed by atoms with Crippen molar-refractivity contribution in [2.24, 2.45) is 0 Å². The summed E-state index contributed by atoms with van der Waals surface area (Å²) in [6.45, 7) is 3.22. The van der Waals surface area contributed by atoms with Crippen molar-refractivity contribution in [3.63, 3.8) is 0 Å². The Hall–Kier alpha value is -3.08. The third-order valence-corrected chi connectivity index (χ3v) is 6.18. The monoisotopic (exact) mass is 449 g/mol. The highest BCUT2D eigenvalue weighted by atomic mass is 32.1. The first-order valence-electron chi connectivity index (χ1n) is 10.0. The van der Waals surface area contributed by atoms with Crippen molar-refractivity contribution in [3.8, 4) is 0 Å². The van der Waals surface area contributed by atoms with E-state index in [0.29, 0.717) is 22.3 Å². The van der Waals surface area contributed by atoms with Crippen LogP contribution in [0.15, 0.2) is 27.8 Å². The Morgan fingerprint density at radius 2 is 1.94 bits per heavy atom. The number of fused-ring (bicyclic) bond motifs is 1. The van der Waals surface area contributed by atoms with E-state index in [1.54, 1.807) is 0 Å². The molecule has 0 saturated carbocycles. The Bertz CT molecular complexity index is 1260.